The molecule has 0 aromatic heterocycles. The first-order valence-corrected chi connectivity index (χ1v) is 5.30. The van der Waals surface area contributed by atoms with Crippen molar-refractivity contribution < 1.29 is 14.6 Å². The van der Waals surface area contributed by atoms with Gasteiger partial charge in [-0.05, 0) is 18.6 Å². The highest BCUT2D eigenvalue weighted by atomic mass is 16.6. The maximum Gasteiger partial charge on any atom is 0.154 e. The van der Waals surface area contributed by atoms with Gasteiger partial charge in [-0.3, -0.25) is 0 Å². The van der Waals surface area contributed by atoms with Crippen molar-refractivity contribution in [2.75, 3.05) is 13.2 Å². The van der Waals surface area contributed by atoms with Gasteiger partial charge in [0.05, 0.1) is 13.2 Å². The highest BCUT2D eigenvalue weighted by Gasteiger charge is 1.99. The number of hydrogen-bond acceptors (Lipinski definition) is 3. The molecule has 0 radical (unpaired) electrons. The van der Waals surface area contributed by atoms with Crippen molar-refractivity contribution >= 4 is 0 Å². The van der Waals surface area contributed by atoms with Gasteiger partial charge in [-0.15, -0.1) is 0 Å². The molecule has 0 aliphatic heterocycles. The van der Waals surface area contributed by atoms with E-state index in [4.69, 9.17) is 14.6 Å². The average molecular weight is 210 g/mol. The molecule has 0 saturated carbocycles. The van der Waals surface area contributed by atoms with Gasteiger partial charge in [0.25, 0.3) is 0 Å². The summed E-state index contributed by atoms with van der Waals surface area (Å²) >= 11 is 0. The van der Waals surface area contributed by atoms with Crippen molar-refractivity contribution in [2.45, 2.75) is 26.1 Å². The lowest BCUT2D eigenvalue weighted by Crippen LogP contribution is -2.12. The van der Waals surface area contributed by atoms with Crippen LogP contribution in [0.3, 0.4) is 0 Å². The molecule has 0 saturated heterocycles. The van der Waals surface area contributed by atoms with Gasteiger partial charge in [-0.2, -0.15) is 0 Å². The number of rotatable bonds is 7. The minimum Gasteiger partial charge on any atom is -0.494 e. The summed E-state index contributed by atoms with van der Waals surface area (Å²) in [4.78, 5) is 0. The Hall–Kier alpha value is -1.06. The summed E-state index contributed by atoms with van der Waals surface area (Å²) in [6.07, 6.45) is 0.771. The molecule has 0 spiro atoms. The van der Waals surface area contributed by atoms with Crippen LogP contribution >= 0.6 is 0 Å². The summed E-state index contributed by atoms with van der Waals surface area (Å²) in [6.45, 7) is 3.02. The topological polar surface area (TPSA) is 38.7 Å². The minimum absolute atomic E-state index is 0.530. The SMILES string of the molecule is CCC(O)OCCCOc1ccccc1. The summed E-state index contributed by atoms with van der Waals surface area (Å²) in [5, 5.41) is 9.11. The van der Waals surface area contributed by atoms with Gasteiger partial charge in [0.1, 0.15) is 5.75 Å². The smallest absolute Gasteiger partial charge is 0.154 e. The second-order valence-electron chi connectivity index (χ2n) is 3.25. The standard InChI is InChI=1S/C12H18O3/c1-2-12(13)15-10-6-9-14-11-7-4-3-5-8-11/h3-5,7-8,12-13H,2,6,9-10H2,1H3. The van der Waals surface area contributed by atoms with Crippen LogP contribution in [0.1, 0.15) is 19.8 Å². The van der Waals surface area contributed by atoms with E-state index in [0.29, 0.717) is 19.6 Å². The summed E-state index contributed by atoms with van der Waals surface area (Å²) in [5.41, 5.74) is 0. The van der Waals surface area contributed by atoms with Gasteiger partial charge < -0.3 is 14.6 Å². The van der Waals surface area contributed by atoms with Gasteiger partial charge in [0.2, 0.25) is 0 Å². The monoisotopic (exact) mass is 210 g/mol. The fraction of sp³-hybridized carbons (Fsp3) is 0.500. The van der Waals surface area contributed by atoms with Crippen molar-refractivity contribution in [3.05, 3.63) is 30.3 Å². The third-order valence-corrected chi connectivity index (χ3v) is 1.96. The van der Waals surface area contributed by atoms with E-state index in [9.17, 15) is 0 Å². The molecule has 3 nitrogen and oxygen atoms in total. The molecular weight excluding hydrogens is 192 g/mol. The van der Waals surface area contributed by atoms with Crippen molar-refractivity contribution in [2.24, 2.45) is 0 Å². The van der Waals surface area contributed by atoms with Crippen LogP contribution in [0.4, 0.5) is 0 Å². The maximum absolute atomic E-state index is 9.11. The van der Waals surface area contributed by atoms with E-state index in [1.165, 1.54) is 0 Å². The second kappa shape index (κ2) is 7.26. The van der Waals surface area contributed by atoms with Crippen molar-refractivity contribution in [1.82, 2.24) is 0 Å². The molecule has 15 heavy (non-hydrogen) atoms. The molecule has 0 amide bonds. The molecule has 1 rings (SSSR count). The van der Waals surface area contributed by atoms with Crippen LogP contribution in [-0.4, -0.2) is 24.6 Å². The molecule has 1 unspecified atom stereocenters. The fourth-order valence-corrected chi connectivity index (χ4v) is 1.10. The van der Waals surface area contributed by atoms with Crippen LogP contribution in [0.2, 0.25) is 0 Å². The third kappa shape index (κ3) is 5.40. The molecule has 0 bridgehead atoms. The summed E-state index contributed by atoms with van der Waals surface area (Å²) in [5.74, 6) is 0.869. The van der Waals surface area contributed by atoms with Crippen molar-refractivity contribution in [3.63, 3.8) is 0 Å². The Labute approximate surface area is 90.6 Å². The molecule has 1 N–H and O–H groups in total. The van der Waals surface area contributed by atoms with E-state index in [-0.39, 0.29) is 0 Å². The largest absolute Gasteiger partial charge is 0.494 e. The Morgan fingerprint density at radius 3 is 2.60 bits per heavy atom. The van der Waals surface area contributed by atoms with Gasteiger partial charge in [0, 0.05) is 6.42 Å². The molecular formula is C12H18O3. The molecule has 1 aromatic carbocycles. The van der Waals surface area contributed by atoms with Gasteiger partial charge in [0.15, 0.2) is 6.29 Å². The number of hydrogen-bond donors (Lipinski definition) is 1. The normalized spacial score (nSPS) is 12.4. The van der Waals surface area contributed by atoms with E-state index in [0.717, 1.165) is 12.2 Å². The highest BCUT2D eigenvalue weighted by Crippen LogP contribution is 2.08. The summed E-state index contributed by atoms with van der Waals surface area (Å²) in [6, 6.07) is 9.66. The molecule has 1 aromatic rings. The van der Waals surface area contributed by atoms with E-state index in [2.05, 4.69) is 0 Å². The minimum atomic E-state index is -0.637. The van der Waals surface area contributed by atoms with Crippen LogP contribution in [0, 0.1) is 0 Å². The first-order chi connectivity index (χ1) is 7.33. The third-order valence-electron chi connectivity index (χ3n) is 1.96. The first-order valence-electron chi connectivity index (χ1n) is 5.30. The molecule has 1 atom stereocenters. The lowest BCUT2D eigenvalue weighted by atomic mass is 10.3. The van der Waals surface area contributed by atoms with E-state index in [1.54, 1.807) is 0 Å². The number of ether oxygens (including phenoxy) is 2. The zero-order valence-corrected chi connectivity index (χ0v) is 9.06. The number of benzene rings is 1. The lowest BCUT2D eigenvalue weighted by molar-refractivity contribution is -0.102. The Balaban J connectivity index is 2.03. The Kier molecular flexibility index (Phi) is 5.81. The molecule has 0 aliphatic rings. The average Bonchev–Trinajstić information content (AvgIpc) is 2.29. The van der Waals surface area contributed by atoms with Gasteiger partial charge >= 0.3 is 0 Å². The summed E-state index contributed by atoms with van der Waals surface area (Å²) in [7, 11) is 0. The Morgan fingerprint density at radius 1 is 1.20 bits per heavy atom. The van der Waals surface area contributed by atoms with Crippen LogP contribution in [0.15, 0.2) is 30.3 Å². The van der Waals surface area contributed by atoms with E-state index < -0.39 is 6.29 Å². The zero-order valence-electron chi connectivity index (χ0n) is 9.06. The molecule has 3 heteroatoms. The van der Waals surface area contributed by atoms with Crippen LogP contribution < -0.4 is 4.74 Å². The second-order valence-corrected chi connectivity index (χ2v) is 3.25. The Morgan fingerprint density at radius 2 is 1.93 bits per heavy atom. The zero-order chi connectivity index (χ0) is 10.9. The van der Waals surface area contributed by atoms with Crippen molar-refractivity contribution in [1.29, 1.82) is 0 Å². The fourth-order valence-electron chi connectivity index (χ4n) is 1.10. The number of aliphatic hydroxyl groups excluding tert-OH is 1. The van der Waals surface area contributed by atoms with Gasteiger partial charge in [-0.25, -0.2) is 0 Å². The quantitative estimate of drug-likeness (QED) is 0.554. The number of para-hydroxylation sites is 1. The van der Waals surface area contributed by atoms with Crippen LogP contribution in [0.25, 0.3) is 0 Å². The molecule has 84 valence electrons. The first kappa shape index (κ1) is 12.0. The number of aliphatic hydroxyl groups is 1. The predicted molar refractivity (Wildman–Crippen MR) is 58.8 cm³/mol. The summed E-state index contributed by atoms with van der Waals surface area (Å²) < 4.78 is 10.6. The van der Waals surface area contributed by atoms with Crippen LogP contribution in [0.5, 0.6) is 5.75 Å². The molecule has 0 aliphatic carbocycles. The highest BCUT2D eigenvalue weighted by molar-refractivity contribution is 5.20. The molecule has 0 fully saturated rings. The van der Waals surface area contributed by atoms with Crippen molar-refractivity contribution in [3.8, 4) is 5.75 Å². The predicted octanol–water partition coefficient (Wildman–Crippen LogP) is 2.20. The van der Waals surface area contributed by atoms with Crippen LogP contribution in [-0.2, 0) is 4.74 Å². The maximum atomic E-state index is 9.11. The van der Waals surface area contributed by atoms with Gasteiger partial charge in [-0.1, -0.05) is 25.1 Å². The molecule has 0 heterocycles. The lowest BCUT2D eigenvalue weighted by Gasteiger charge is -2.09. The van der Waals surface area contributed by atoms with E-state index in [1.807, 2.05) is 37.3 Å². The van der Waals surface area contributed by atoms with E-state index >= 15 is 0 Å². The Bertz CT molecular complexity index is 248.